The molecular weight excluding hydrogens is 395 g/mol. The van der Waals surface area contributed by atoms with E-state index in [0.717, 1.165) is 29.2 Å². The number of anilines is 2. The number of halogens is 1. The monoisotopic (exact) mass is 420 g/mol. The van der Waals surface area contributed by atoms with Crippen LogP contribution in [0.25, 0.3) is 0 Å². The lowest BCUT2D eigenvalue weighted by atomic mass is 9.97. The summed E-state index contributed by atoms with van der Waals surface area (Å²) in [4.78, 5) is 15.4. The van der Waals surface area contributed by atoms with E-state index >= 15 is 0 Å². The van der Waals surface area contributed by atoms with Gasteiger partial charge >= 0.3 is 5.97 Å². The Morgan fingerprint density at radius 3 is 2.77 bits per heavy atom. The van der Waals surface area contributed by atoms with Crippen LogP contribution >= 0.6 is 0 Å². The summed E-state index contributed by atoms with van der Waals surface area (Å²) in [6.07, 6.45) is 2.16. The molecule has 160 valence electrons. The predicted octanol–water partition coefficient (Wildman–Crippen LogP) is 3.63. The molecule has 0 amide bonds. The summed E-state index contributed by atoms with van der Waals surface area (Å²) in [5, 5.41) is 19.5. The molecule has 2 aromatic carbocycles. The van der Waals surface area contributed by atoms with Gasteiger partial charge in [0.1, 0.15) is 11.6 Å². The van der Waals surface area contributed by atoms with Gasteiger partial charge in [0.05, 0.1) is 24.2 Å². The first kappa shape index (κ1) is 20.8. The maximum atomic E-state index is 13.9. The minimum absolute atomic E-state index is 0.0101. The zero-order valence-corrected chi connectivity index (χ0v) is 17.0. The Kier molecular flexibility index (Phi) is 6.43. The Hall–Kier alpha value is -3.45. The molecule has 0 saturated heterocycles. The number of aliphatic carboxylic acids is 1. The molecule has 0 bridgehead atoms. The zero-order chi connectivity index (χ0) is 21.6. The number of fused-ring (bicyclic) bond motifs is 1. The van der Waals surface area contributed by atoms with Crippen molar-refractivity contribution in [2.75, 3.05) is 23.7 Å². The molecule has 4 N–H and O–H groups in total. The third-order valence-electron chi connectivity index (χ3n) is 5.35. The van der Waals surface area contributed by atoms with Crippen LogP contribution in [0.4, 0.5) is 15.9 Å². The first-order chi connectivity index (χ1) is 15.1. The minimum Gasteiger partial charge on any atom is -0.481 e. The van der Waals surface area contributed by atoms with Crippen molar-refractivity contribution in [2.24, 2.45) is 0 Å². The van der Waals surface area contributed by atoms with Crippen LogP contribution in [0.1, 0.15) is 22.7 Å². The number of hydrogen-bond acceptors (Lipinski definition) is 5. The molecule has 0 radical (unpaired) electrons. The standard InChI is InChI=1S/C24H25FN4O2/c25-19-12-16(11-17(13-19)14-22(30)31)8-10-26-23(18-5-2-1-3-6-18)21-15-28-20-7-4-9-27-24(20)29-21/h1-7,9,11-13,21,23,26,28H,8,10,14-15H2,(H,27,29)(H,30,31)/t21-,23-/m1/s1. The molecule has 3 aromatic rings. The van der Waals surface area contributed by atoms with Crippen LogP contribution in [-0.2, 0) is 17.6 Å². The Balaban J connectivity index is 1.47. The van der Waals surface area contributed by atoms with E-state index in [1.165, 1.54) is 12.1 Å². The van der Waals surface area contributed by atoms with Crippen LogP contribution < -0.4 is 16.0 Å². The van der Waals surface area contributed by atoms with Gasteiger partial charge in [-0.1, -0.05) is 36.4 Å². The van der Waals surface area contributed by atoms with Crippen LogP contribution in [0.3, 0.4) is 0 Å². The molecule has 1 aromatic heterocycles. The maximum absolute atomic E-state index is 13.9. The molecule has 2 atom stereocenters. The number of benzene rings is 2. The molecule has 4 rings (SSSR count). The van der Waals surface area contributed by atoms with Crippen molar-refractivity contribution < 1.29 is 14.3 Å². The number of hydrogen-bond donors (Lipinski definition) is 4. The summed E-state index contributed by atoms with van der Waals surface area (Å²) in [6.45, 7) is 1.34. The van der Waals surface area contributed by atoms with Gasteiger partial charge in [-0.25, -0.2) is 9.37 Å². The normalized spacial score (nSPS) is 16.0. The van der Waals surface area contributed by atoms with Gasteiger partial charge < -0.3 is 21.1 Å². The Bertz CT molecular complexity index is 1040. The minimum atomic E-state index is -0.969. The topological polar surface area (TPSA) is 86.3 Å². The third kappa shape index (κ3) is 5.38. The number of carboxylic acids is 1. The van der Waals surface area contributed by atoms with Crippen LogP contribution in [0, 0.1) is 5.82 Å². The van der Waals surface area contributed by atoms with E-state index in [0.29, 0.717) is 18.5 Å². The molecule has 0 fully saturated rings. The number of carbonyl (C=O) groups is 1. The Morgan fingerprint density at radius 1 is 1.16 bits per heavy atom. The summed E-state index contributed by atoms with van der Waals surface area (Å²) in [7, 11) is 0. The number of nitrogens with zero attached hydrogens (tertiary/aromatic N) is 1. The highest BCUT2D eigenvalue weighted by atomic mass is 19.1. The average Bonchev–Trinajstić information content (AvgIpc) is 2.76. The van der Waals surface area contributed by atoms with Crippen molar-refractivity contribution in [1.82, 2.24) is 10.3 Å². The molecule has 1 aliphatic rings. The quantitative estimate of drug-likeness (QED) is 0.445. The molecule has 0 spiro atoms. The van der Waals surface area contributed by atoms with E-state index in [2.05, 4.69) is 33.1 Å². The molecule has 0 aliphatic carbocycles. The van der Waals surface area contributed by atoms with Crippen LogP contribution in [0.15, 0.2) is 66.9 Å². The summed E-state index contributed by atoms with van der Waals surface area (Å²) >= 11 is 0. The van der Waals surface area contributed by atoms with Crippen molar-refractivity contribution in [2.45, 2.75) is 24.9 Å². The molecule has 6 nitrogen and oxygen atoms in total. The van der Waals surface area contributed by atoms with Gasteiger partial charge in [0.2, 0.25) is 0 Å². The number of carboxylic acid groups (broad SMARTS) is 1. The zero-order valence-electron chi connectivity index (χ0n) is 17.0. The number of aromatic nitrogens is 1. The number of pyridine rings is 1. The van der Waals surface area contributed by atoms with E-state index < -0.39 is 11.8 Å². The van der Waals surface area contributed by atoms with Crippen molar-refractivity contribution in [3.63, 3.8) is 0 Å². The second kappa shape index (κ2) is 9.57. The van der Waals surface area contributed by atoms with E-state index in [9.17, 15) is 9.18 Å². The van der Waals surface area contributed by atoms with Crippen LogP contribution in [0.5, 0.6) is 0 Å². The van der Waals surface area contributed by atoms with Gasteiger partial charge in [0, 0.05) is 12.7 Å². The number of nitrogens with one attached hydrogen (secondary N) is 3. The first-order valence-electron chi connectivity index (χ1n) is 10.3. The summed E-state index contributed by atoms with van der Waals surface area (Å²) in [5.74, 6) is -0.553. The highest BCUT2D eigenvalue weighted by Crippen LogP contribution is 2.28. The largest absolute Gasteiger partial charge is 0.481 e. The lowest BCUT2D eigenvalue weighted by molar-refractivity contribution is -0.136. The highest BCUT2D eigenvalue weighted by Gasteiger charge is 2.27. The molecule has 1 aliphatic heterocycles. The van der Waals surface area contributed by atoms with Gasteiger partial charge in [-0.15, -0.1) is 0 Å². The van der Waals surface area contributed by atoms with Crippen molar-refractivity contribution in [1.29, 1.82) is 0 Å². The fourth-order valence-electron chi connectivity index (χ4n) is 3.97. The summed E-state index contributed by atoms with van der Waals surface area (Å²) in [5.41, 5.74) is 3.38. The van der Waals surface area contributed by atoms with Gasteiger partial charge in [-0.05, 0) is 53.9 Å². The summed E-state index contributed by atoms with van der Waals surface area (Å²) in [6, 6.07) is 18.7. The molecule has 2 heterocycles. The van der Waals surface area contributed by atoms with E-state index in [1.54, 1.807) is 12.3 Å². The van der Waals surface area contributed by atoms with Crippen molar-refractivity contribution >= 4 is 17.5 Å². The van der Waals surface area contributed by atoms with Crippen molar-refractivity contribution in [3.8, 4) is 0 Å². The molecule has 0 saturated carbocycles. The predicted molar refractivity (Wildman–Crippen MR) is 119 cm³/mol. The second-order valence-electron chi connectivity index (χ2n) is 7.66. The fraction of sp³-hybridized carbons (Fsp3) is 0.250. The average molecular weight is 420 g/mol. The molecular formula is C24H25FN4O2. The van der Waals surface area contributed by atoms with Gasteiger partial charge in [-0.3, -0.25) is 4.79 Å². The van der Waals surface area contributed by atoms with E-state index in [4.69, 9.17) is 5.11 Å². The Morgan fingerprint density at radius 2 is 1.97 bits per heavy atom. The number of rotatable bonds is 8. The first-order valence-corrected chi connectivity index (χ1v) is 10.3. The Labute approximate surface area is 180 Å². The van der Waals surface area contributed by atoms with Gasteiger partial charge in [0.25, 0.3) is 0 Å². The smallest absolute Gasteiger partial charge is 0.307 e. The van der Waals surface area contributed by atoms with E-state index in [1.807, 2.05) is 30.3 Å². The SMILES string of the molecule is O=C(O)Cc1cc(F)cc(CCN[C@H](c2ccccc2)[C@H]2CNc3cccnc3N2)c1. The van der Waals surface area contributed by atoms with Crippen molar-refractivity contribution in [3.05, 3.63) is 89.4 Å². The lowest BCUT2D eigenvalue weighted by Crippen LogP contribution is -2.44. The molecule has 0 unspecified atom stereocenters. The van der Waals surface area contributed by atoms with Crippen LogP contribution in [-0.4, -0.2) is 35.2 Å². The third-order valence-corrected chi connectivity index (χ3v) is 5.35. The second-order valence-corrected chi connectivity index (χ2v) is 7.66. The molecule has 31 heavy (non-hydrogen) atoms. The highest BCUT2D eigenvalue weighted by molar-refractivity contribution is 5.70. The van der Waals surface area contributed by atoms with Gasteiger partial charge in [0.15, 0.2) is 0 Å². The van der Waals surface area contributed by atoms with E-state index in [-0.39, 0.29) is 18.5 Å². The van der Waals surface area contributed by atoms with Gasteiger partial charge in [-0.2, -0.15) is 0 Å². The lowest BCUT2D eigenvalue weighted by Gasteiger charge is -2.34. The fourth-order valence-corrected chi connectivity index (χ4v) is 3.97. The maximum Gasteiger partial charge on any atom is 0.307 e. The summed E-state index contributed by atoms with van der Waals surface area (Å²) < 4.78 is 13.9. The van der Waals surface area contributed by atoms with Crippen LogP contribution in [0.2, 0.25) is 0 Å². The molecule has 7 heteroatoms.